The SMILES string of the molecule is Cc1ccc(CN2C(=O)NC3(CCN(C(=O)c4cccs4)CC3)C2=O)cc1. The first-order valence-corrected chi connectivity index (χ1v) is 9.89. The van der Waals surface area contributed by atoms with E-state index in [1.807, 2.05) is 48.7 Å². The van der Waals surface area contributed by atoms with E-state index >= 15 is 0 Å². The van der Waals surface area contributed by atoms with Crippen LogP contribution in [0, 0.1) is 6.92 Å². The molecule has 2 aliphatic heterocycles. The van der Waals surface area contributed by atoms with E-state index in [9.17, 15) is 14.4 Å². The second-order valence-electron chi connectivity index (χ2n) is 7.16. The lowest BCUT2D eigenvalue weighted by molar-refractivity contribution is -0.133. The van der Waals surface area contributed by atoms with Gasteiger partial charge in [0.1, 0.15) is 5.54 Å². The fourth-order valence-electron chi connectivity index (χ4n) is 3.68. The number of thiophene rings is 1. The Morgan fingerprint density at radius 2 is 1.85 bits per heavy atom. The third kappa shape index (κ3) is 3.23. The summed E-state index contributed by atoms with van der Waals surface area (Å²) in [6.07, 6.45) is 0.887. The molecule has 0 saturated carbocycles. The average molecular weight is 383 g/mol. The molecule has 2 saturated heterocycles. The maximum absolute atomic E-state index is 13.0. The predicted octanol–water partition coefficient (Wildman–Crippen LogP) is 2.78. The Labute approximate surface area is 161 Å². The normalized spacial score (nSPS) is 18.9. The van der Waals surface area contributed by atoms with Crippen LogP contribution in [0.5, 0.6) is 0 Å². The van der Waals surface area contributed by atoms with Crippen molar-refractivity contribution >= 4 is 29.2 Å². The summed E-state index contributed by atoms with van der Waals surface area (Å²) in [5.74, 6) is -0.190. The number of rotatable bonds is 3. The molecule has 7 heteroatoms. The molecule has 140 valence electrons. The highest BCUT2D eigenvalue weighted by molar-refractivity contribution is 7.12. The quantitative estimate of drug-likeness (QED) is 0.829. The van der Waals surface area contributed by atoms with Crippen molar-refractivity contribution in [1.29, 1.82) is 0 Å². The number of carbonyl (C=O) groups excluding carboxylic acids is 3. The minimum absolute atomic E-state index is 0.00636. The molecule has 0 aliphatic carbocycles. The zero-order chi connectivity index (χ0) is 19.0. The molecule has 2 aliphatic rings. The van der Waals surface area contributed by atoms with Crippen molar-refractivity contribution < 1.29 is 14.4 Å². The molecular formula is C20H21N3O3S. The summed E-state index contributed by atoms with van der Waals surface area (Å²) in [7, 11) is 0. The largest absolute Gasteiger partial charge is 0.338 e. The van der Waals surface area contributed by atoms with E-state index in [0.29, 0.717) is 30.8 Å². The van der Waals surface area contributed by atoms with E-state index in [1.54, 1.807) is 4.90 Å². The Hall–Kier alpha value is -2.67. The highest BCUT2D eigenvalue weighted by atomic mass is 32.1. The first-order chi connectivity index (χ1) is 13.0. The van der Waals surface area contributed by atoms with Crippen LogP contribution >= 0.6 is 11.3 Å². The Balaban J connectivity index is 1.44. The molecule has 0 radical (unpaired) electrons. The molecule has 4 amide bonds. The summed E-state index contributed by atoms with van der Waals surface area (Å²) in [6.45, 7) is 3.19. The molecule has 0 unspecified atom stereocenters. The van der Waals surface area contributed by atoms with Crippen LogP contribution in [0.15, 0.2) is 41.8 Å². The molecule has 2 fully saturated rings. The van der Waals surface area contributed by atoms with Gasteiger partial charge in [-0.2, -0.15) is 0 Å². The summed E-state index contributed by atoms with van der Waals surface area (Å²) in [6, 6.07) is 11.1. The molecule has 1 N–H and O–H groups in total. The first-order valence-electron chi connectivity index (χ1n) is 9.01. The summed E-state index contributed by atoms with van der Waals surface area (Å²) in [4.78, 5) is 41.7. The number of carbonyl (C=O) groups is 3. The number of hydrogen-bond acceptors (Lipinski definition) is 4. The van der Waals surface area contributed by atoms with Crippen molar-refractivity contribution in [2.24, 2.45) is 0 Å². The van der Waals surface area contributed by atoms with Gasteiger partial charge in [0.05, 0.1) is 11.4 Å². The van der Waals surface area contributed by atoms with E-state index in [0.717, 1.165) is 11.1 Å². The number of piperidine rings is 1. The molecule has 3 heterocycles. The first kappa shape index (κ1) is 17.7. The number of imide groups is 1. The lowest BCUT2D eigenvalue weighted by atomic mass is 9.87. The van der Waals surface area contributed by atoms with Crippen LogP contribution in [-0.2, 0) is 11.3 Å². The minimum atomic E-state index is -0.881. The Bertz CT molecular complexity index is 868. The van der Waals surface area contributed by atoms with Gasteiger partial charge in [-0.25, -0.2) is 4.79 Å². The number of aryl methyl sites for hydroxylation is 1. The van der Waals surface area contributed by atoms with E-state index in [1.165, 1.54) is 16.2 Å². The fourth-order valence-corrected chi connectivity index (χ4v) is 4.37. The van der Waals surface area contributed by atoms with Gasteiger partial charge in [0.2, 0.25) is 0 Å². The zero-order valence-electron chi connectivity index (χ0n) is 15.1. The highest BCUT2D eigenvalue weighted by Gasteiger charge is 2.52. The van der Waals surface area contributed by atoms with Gasteiger partial charge >= 0.3 is 6.03 Å². The maximum atomic E-state index is 13.0. The number of nitrogens with one attached hydrogen (secondary N) is 1. The van der Waals surface area contributed by atoms with Crippen molar-refractivity contribution in [3.05, 3.63) is 57.8 Å². The van der Waals surface area contributed by atoms with Gasteiger partial charge in [-0.1, -0.05) is 35.9 Å². The molecule has 1 aromatic heterocycles. The van der Waals surface area contributed by atoms with Crippen molar-refractivity contribution in [3.63, 3.8) is 0 Å². The van der Waals surface area contributed by atoms with Gasteiger partial charge in [0, 0.05) is 13.1 Å². The Morgan fingerprint density at radius 1 is 1.15 bits per heavy atom. The molecule has 2 aromatic rings. The number of benzene rings is 1. The van der Waals surface area contributed by atoms with E-state index in [2.05, 4.69) is 5.32 Å². The third-order valence-electron chi connectivity index (χ3n) is 5.34. The predicted molar refractivity (Wildman–Crippen MR) is 102 cm³/mol. The van der Waals surface area contributed by atoms with Crippen LogP contribution in [0.3, 0.4) is 0 Å². The van der Waals surface area contributed by atoms with Crippen molar-refractivity contribution in [2.75, 3.05) is 13.1 Å². The summed E-state index contributed by atoms with van der Waals surface area (Å²) in [5, 5.41) is 4.77. The minimum Gasteiger partial charge on any atom is -0.338 e. The van der Waals surface area contributed by atoms with Crippen LogP contribution in [-0.4, -0.2) is 46.3 Å². The highest BCUT2D eigenvalue weighted by Crippen LogP contribution is 2.31. The molecule has 6 nitrogen and oxygen atoms in total. The van der Waals surface area contributed by atoms with Crippen LogP contribution in [0.2, 0.25) is 0 Å². The zero-order valence-corrected chi connectivity index (χ0v) is 15.9. The molecule has 0 bridgehead atoms. The van der Waals surface area contributed by atoms with E-state index < -0.39 is 5.54 Å². The van der Waals surface area contributed by atoms with Gasteiger partial charge in [-0.05, 0) is 36.8 Å². The van der Waals surface area contributed by atoms with Crippen LogP contribution in [0.4, 0.5) is 4.79 Å². The van der Waals surface area contributed by atoms with Crippen LogP contribution in [0.1, 0.15) is 33.6 Å². The lowest BCUT2D eigenvalue weighted by Gasteiger charge is -2.37. The second-order valence-corrected chi connectivity index (χ2v) is 8.11. The number of hydrogen-bond donors (Lipinski definition) is 1. The maximum Gasteiger partial charge on any atom is 0.325 e. The van der Waals surface area contributed by atoms with E-state index in [-0.39, 0.29) is 24.4 Å². The number of urea groups is 1. The van der Waals surface area contributed by atoms with Crippen molar-refractivity contribution in [1.82, 2.24) is 15.1 Å². The number of nitrogens with zero attached hydrogens (tertiary/aromatic N) is 2. The van der Waals surface area contributed by atoms with Crippen LogP contribution in [0.25, 0.3) is 0 Å². The molecule has 1 spiro atoms. The third-order valence-corrected chi connectivity index (χ3v) is 6.20. The van der Waals surface area contributed by atoms with Gasteiger partial charge in [-0.15, -0.1) is 11.3 Å². The second kappa shape index (κ2) is 6.81. The van der Waals surface area contributed by atoms with Gasteiger partial charge in [0.25, 0.3) is 11.8 Å². The molecular weight excluding hydrogens is 362 g/mol. The Kier molecular flexibility index (Phi) is 4.47. The monoisotopic (exact) mass is 383 g/mol. The van der Waals surface area contributed by atoms with E-state index in [4.69, 9.17) is 0 Å². The average Bonchev–Trinajstić information content (AvgIpc) is 3.28. The van der Waals surface area contributed by atoms with Crippen molar-refractivity contribution in [3.8, 4) is 0 Å². The van der Waals surface area contributed by atoms with Gasteiger partial charge < -0.3 is 10.2 Å². The van der Waals surface area contributed by atoms with Gasteiger partial charge in [-0.3, -0.25) is 14.5 Å². The lowest BCUT2D eigenvalue weighted by Crippen LogP contribution is -2.55. The fraction of sp³-hybridized carbons (Fsp3) is 0.350. The molecule has 27 heavy (non-hydrogen) atoms. The van der Waals surface area contributed by atoms with Gasteiger partial charge in [0.15, 0.2) is 0 Å². The number of likely N-dealkylation sites (tertiary alicyclic amines) is 1. The summed E-state index contributed by atoms with van der Waals surface area (Å²) < 4.78 is 0. The summed E-state index contributed by atoms with van der Waals surface area (Å²) in [5.41, 5.74) is 1.18. The van der Waals surface area contributed by atoms with Crippen molar-refractivity contribution in [2.45, 2.75) is 31.8 Å². The standard InChI is InChI=1S/C20H21N3O3S/c1-14-4-6-15(7-5-14)13-23-18(25)20(21-19(23)26)8-10-22(11-9-20)17(24)16-3-2-12-27-16/h2-7,12H,8-11,13H2,1H3,(H,21,26). The van der Waals surface area contributed by atoms with Crippen LogP contribution < -0.4 is 5.32 Å². The molecule has 0 atom stereocenters. The Morgan fingerprint density at radius 3 is 2.48 bits per heavy atom. The molecule has 1 aromatic carbocycles. The smallest absolute Gasteiger partial charge is 0.325 e. The topological polar surface area (TPSA) is 69.7 Å². The summed E-state index contributed by atoms with van der Waals surface area (Å²) >= 11 is 1.42. The molecule has 4 rings (SSSR count). The number of amides is 4.